The number of hydrogen-bond acceptors (Lipinski definition) is 2. The monoisotopic (exact) mass is 380 g/mol. The number of nitrogens with zero attached hydrogens (tertiary/aromatic N) is 2. The van der Waals surface area contributed by atoms with Crippen LogP contribution < -0.4 is 0 Å². The Labute approximate surface area is 170 Å². The Hall–Kier alpha value is -3.59. The molecule has 0 aliphatic heterocycles. The average molecular weight is 380 g/mol. The maximum Gasteiger partial charge on any atom is 0.131 e. The van der Waals surface area contributed by atoms with E-state index in [4.69, 9.17) is 0 Å². The molecule has 0 unspecified atom stereocenters. The number of aromatic nitrogens is 1. The van der Waals surface area contributed by atoms with Crippen LogP contribution in [0.3, 0.4) is 0 Å². The molecule has 0 bridgehead atoms. The van der Waals surface area contributed by atoms with Crippen LogP contribution in [0.4, 0.5) is 4.39 Å². The Kier molecular flexibility index (Phi) is 5.30. The summed E-state index contributed by atoms with van der Waals surface area (Å²) in [6.45, 7) is 2.06. The van der Waals surface area contributed by atoms with E-state index in [0.29, 0.717) is 5.39 Å². The van der Waals surface area contributed by atoms with Crippen molar-refractivity contribution < 1.29 is 4.39 Å². The van der Waals surface area contributed by atoms with Gasteiger partial charge in [-0.3, -0.25) is 9.98 Å². The molecule has 3 aromatic carbocycles. The highest BCUT2D eigenvalue weighted by Crippen LogP contribution is 2.31. The Morgan fingerprint density at radius 3 is 2.59 bits per heavy atom. The van der Waals surface area contributed by atoms with E-state index in [1.54, 1.807) is 25.5 Å². The average Bonchev–Trinajstić information content (AvgIpc) is 2.76. The fraction of sp³-hybridized carbons (Fsp3) is 0.0769. The highest BCUT2D eigenvalue weighted by molar-refractivity contribution is 6.12. The summed E-state index contributed by atoms with van der Waals surface area (Å²) in [7, 11) is 1.79. The molecule has 0 fully saturated rings. The van der Waals surface area contributed by atoms with E-state index in [2.05, 4.69) is 35.1 Å². The molecule has 29 heavy (non-hydrogen) atoms. The summed E-state index contributed by atoms with van der Waals surface area (Å²) in [5.74, 6) is -0.240. The molecule has 0 aliphatic carbocycles. The Morgan fingerprint density at radius 1 is 0.966 bits per heavy atom. The van der Waals surface area contributed by atoms with Crippen molar-refractivity contribution >= 4 is 22.6 Å². The van der Waals surface area contributed by atoms with Crippen molar-refractivity contribution in [1.82, 2.24) is 4.98 Å². The number of halogens is 1. The largest absolute Gasteiger partial charge is 0.288 e. The summed E-state index contributed by atoms with van der Waals surface area (Å²) in [6.07, 6.45) is 7.48. The maximum absolute atomic E-state index is 14.6. The summed E-state index contributed by atoms with van der Waals surface area (Å²) in [5.41, 5.74) is 5.82. The van der Waals surface area contributed by atoms with Crippen molar-refractivity contribution in [3.63, 3.8) is 0 Å². The molecule has 3 heteroatoms. The van der Waals surface area contributed by atoms with Crippen LogP contribution in [0.25, 0.3) is 28.0 Å². The topological polar surface area (TPSA) is 25.2 Å². The minimum Gasteiger partial charge on any atom is -0.288 e. The molecule has 0 N–H and O–H groups in total. The molecule has 142 valence electrons. The number of aryl methyl sites for hydroxylation is 1. The zero-order valence-corrected chi connectivity index (χ0v) is 16.4. The van der Waals surface area contributed by atoms with Crippen LogP contribution in [-0.4, -0.2) is 17.7 Å². The van der Waals surface area contributed by atoms with E-state index >= 15 is 0 Å². The zero-order chi connectivity index (χ0) is 20.2. The summed E-state index contributed by atoms with van der Waals surface area (Å²) in [5, 5.41) is 1.38. The molecular formula is C26H21FN2. The van der Waals surface area contributed by atoms with Crippen LogP contribution >= 0.6 is 0 Å². The maximum atomic E-state index is 14.6. The molecule has 1 heterocycles. The number of aliphatic imine (C=N–C) groups is 1. The van der Waals surface area contributed by atoms with Gasteiger partial charge in [0.15, 0.2) is 0 Å². The minimum absolute atomic E-state index is 0.240. The molecule has 4 aromatic rings. The van der Waals surface area contributed by atoms with Gasteiger partial charge < -0.3 is 0 Å². The van der Waals surface area contributed by atoms with Crippen LogP contribution in [0.15, 0.2) is 90.2 Å². The van der Waals surface area contributed by atoms with Gasteiger partial charge in [-0.15, -0.1) is 0 Å². The first kappa shape index (κ1) is 18.8. The van der Waals surface area contributed by atoms with Gasteiger partial charge in [-0.25, -0.2) is 4.39 Å². The minimum atomic E-state index is -0.240. The Balaban J connectivity index is 1.80. The molecule has 0 aliphatic rings. The van der Waals surface area contributed by atoms with Crippen molar-refractivity contribution in [2.24, 2.45) is 4.99 Å². The molecule has 0 amide bonds. The number of pyridine rings is 1. The third-order valence-electron chi connectivity index (χ3n) is 5.03. The Morgan fingerprint density at radius 2 is 1.79 bits per heavy atom. The first-order valence-corrected chi connectivity index (χ1v) is 9.51. The molecule has 1 aromatic heterocycles. The zero-order valence-electron chi connectivity index (χ0n) is 16.4. The van der Waals surface area contributed by atoms with E-state index < -0.39 is 0 Å². The second-order valence-corrected chi connectivity index (χ2v) is 6.91. The summed E-state index contributed by atoms with van der Waals surface area (Å²) in [6, 6.07) is 21.3. The fourth-order valence-corrected chi connectivity index (χ4v) is 3.50. The SMILES string of the molecule is CN=C(/C=C/c1ccccc1)c1cc(-c2cncc3cccc(F)c23)ccc1C. The normalized spacial score (nSPS) is 12.0. The quantitative estimate of drug-likeness (QED) is 0.372. The van der Waals surface area contributed by atoms with Crippen molar-refractivity contribution in [2.75, 3.05) is 7.05 Å². The van der Waals surface area contributed by atoms with E-state index in [1.807, 2.05) is 48.6 Å². The van der Waals surface area contributed by atoms with E-state index in [0.717, 1.165) is 38.9 Å². The standard InChI is InChI=1S/C26H21FN2/c1-18-11-13-20(23-17-29-16-21-9-6-10-24(27)26(21)23)15-22(18)25(28-2)14-12-19-7-4-3-5-8-19/h3-17H,1-2H3/b14-12+,28-25?. The summed E-state index contributed by atoms with van der Waals surface area (Å²) < 4.78 is 14.6. The second kappa shape index (κ2) is 8.19. The van der Waals surface area contributed by atoms with E-state index in [9.17, 15) is 4.39 Å². The molecule has 0 saturated carbocycles. The van der Waals surface area contributed by atoms with Gasteiger partial charge in [0, 0.05) is 41.3 Å². The van der Waals surface area contributed by atoms with Gasteiger partial charge in [-0.05, 0) is 41.8 Å². The first-order chi connectivity index (χ1) is 14.2. The molecule has 2 nitrogen and oxygen atoms in total. The number of benzene rings is 3. The Bertz CT molecular complexity index is 1220. The first-order valence-electron chi connectivity index (χ1n) is 9.51. The van der Waals surface area contributed by atoms with E-state index in [-0.39, 0.29) is 5.82 Å². The van der Waals surface area contributed by atoms with Gasteiger partial charge in [-0.2, -0.15) is 0 Å². The molecular weight excluding hydrogens is 359 g/mol. The van der Waals surface area contributed by atoms with Crippen LogP contribution in [0.1, 0.15) is 16.7 Å². The van der Waals surface area contributed by atoms with Gasteiger partial charge in [0.05, 0.1) is 5.71 Å². The van der Waals surface area contributed by atoms with Crippen LogP contribution in [-0.2, 0) is 0 Å². The molecule has 4 rings (SSSR count). The third kappa shape index (κ3) is 3.85. The lowest BCUT2D eigenvalue weighted by molar-refractivity contribution is 0.640. The lowest BCUT2D eigenvalue weighted by Gasteiger charge is -2.12. The molecule has 0 spiro atoms. The van der Waals surface area contributed by atoms with Gasteiger partial charge in [0.1, 0.15) is 5.82 Å². The second-order valence-electron chi connectivity index (χ2n) is 6.91. The summed E-state index contributed by atoms with van der Waals surface area (Å²) in [4.78, 5) is 8.80. The lowest BCUT2D eigenvalue weighted by atomic mass is 9.94. The smallest absolute Gasteiger partial charge is 0.131 e. The number of allylic oxidation sites excluding steroid dienone is 1. The van der Waals surface area contributed by atoms with Crippen molar-refractivity contribution in [2.45, 2.75) is 6.92 Å². The highest BCUT2D eigenvalue weighted by atomic mass is 19.1. The van der Waals surface area contributed by atoms with Gasteiger partial charge in [0.2, 0.25) is 0 Å². The van der Waals surface area contributed by atoms with Gasteiger partial charge in [-0.1, -0.05) is 60.7 Å². The number of rotatable bonds is 4. The molecule has 0 radical (unpaired) electrons. The predicted octanol–water partition coefficient (Wildman–Crippen LogP) is 6.48. The van der Waals surface area contributed by atoms with Crippen molar-refractivity contribution in [3.05, 3.63) is 108 Å². The van der Waals surface area contributed by atoms with Crippen LogP contribution in [0.5, 0.6) is 0 Å². The van der Waals surface area contributed by atoms with Gasteiger partial charge >= 0.3 is 0 Å². The van der Waals surface area contributed by atoms with Crippen molar-refractivity contribution in [1.29, 1.82) is 0 Å². The highest BCUT2D eigenvalue weighted by Gasteiger charge is 2.12. The molecule has 0 atom stereocenters. The third-order valence-corrected chi connectivity index (χ3v) is 5.03. The number of hydrogen-bond donors (Lipinski definition) is 0. The van der Waals surface area contributed by atoms with Crippen molar-refractivity contribution in [3.8, 4) is 11.1 Å². The van der Waals surface area contributed by atoms with Crippen LogP contribution in [0, 0.1) is 12.7 Å². The number of fused-ring (bicyclic) bond motifs is 1. The van der Waals surface area contributed by atoms with E-state index in [1.165, 1.54) is 6.07 Å². The lowest BCUT2D eigenvalue weighted by Crippen LogP contribution is -2.01. The fourth-order valence-electron chi connectivity index (χ4n) is 3.50. The van der Waals surface area contributed by atoms with Crippen LogP contribution in [0.2, 0.25) is 0 Å². The predicted molar refractivity (Wildman–Crippen MR) is 120 cm³/mol. The van der Waals surface area contributed by atoms with Gasteiger partial charge in [0.25, 0.3) is 0 Å². The summed E-state index contributed by atoms with van der Waals surface area (Å²) >= 11 is 0. The molecule has 0 saturated heterocycles.